The zero-order valence-corrected chi connectivity index (χ0v) is 39.7. The van der Waals surface area contributed by atoms with E-state index in [-0.39, 0.29) is 94.4 Å². The molecule has 284 valence electrons. The van der Waals surface area contributed by atoms with E-state index in [2.05, 4.69) is 0 Å². The minimum atomic E-state index is -4.13. The second kappa shape index (κ2) is 17.9. The Bertz CT molecular complexity index is 1710. The van der Waals surface area contributed by atoms with Crippen LogP contribution in [0, 0.1) is 0 Å². The average Bonchev–Trinajstić information content (AvgIpc) is 2.97. The van der Waals surface area contributed by atoms with Crippen molar-refractivity contribution in [1.82, 2.24) is 0 Å². The number of phenolic OH excluding ortho intramolecular Hbond substituents is 2. The van der Waals surface area contributed by atoms with Crippen LogP contribution in [-0.4, -0.2) is 59.1 Å². The van der Waals surface area contributed by atoms with Gasteiger partial charge in [0, 0.05) is 12.3 Å². The van der Waals surface area contributed by atoms with Gasteiger partial charge in [0.05, 0.1) is 0 Å². The smallest absolute Gasteiger partial charge is 0.769 e. The van der Waals surface area contributed by atoms with Gasteiger partial charge in [0.1, 0.15) is 23.0 Å². The van der Waals surface area contributed by atoms with Gasteiger partial charge in [0.15, 0.2) is 15.2 Å². The molecule has 0 aliphatic rings. The van der Waals surface area contributed by atoms with Gasteiger partial charge in [0.25, 0.3) is 0 Å². The van der Waals surface area contributed by atoms with E-state index in [0.29, 0.717) is 22.6 Å². The minimum Gasteiger partial charge on any atom is -0.769 e. The molecule has 0 bridgehead atoms. The van der Waals surface area contributed by atoms with Crippen LogP contribution in [0.1, 0.15) is 116 Å². The van der Waals surface area contributed by atoms with E-state index in [0.717, 1.165) is 22.3 Å². The second-order valence-electron chi connectivity index (χ2n) is 17.4. The first kappa shape index (κ1) is 47.2. The molecule has 0 aliphatic heterocycles. The van der Waals surface area contributed by atoms with Gasteiger partial charge in [-0.3, -0.25) is 9.13 Å². The number of para-hydroxylation sites is 2. The summed E-state index contributed by atoms with van der Waals surface area (Å²) in [6.07, 6.45) is -0.456. The summed E-state index contributed by atoms with van der Waals surface area (Å²) in [5.41, 5.74) is 2.93. The Balaban J connectivity index is 0.000000360. The summed E-state index contributed by atoms with van der Waals surface area (Å²) >= 11 is 0. The molecule has 0 fully saturated rings. The van der Waals surface area contributed by atoms with E-state index < -0.39 is 15.2 Å². The Morgan fingerprint density at radius 3 is 0.925 bits per heavy atom. The molecule has 11 heteroatoms. The molecule has 0 heterocycles. The number of phenols is 2. The molecular weight excluding hydrogens is 832 g/mol. The van der Waals surface area contributed by atoms with Crippen LogP contribution in [0.5, 0.6) is 23.0 Å². The van der Waals surface area contributed by atoms with Crippen molar-refractivity contribution in [2.24, 2.45) is 0 Å². The third kappa shape index (κ3) is 14.2. The summed E-state index contributed by atoms with van der Waals surface area (Å²) in [7, 11) is -8.25. The largest absolute Gasteiger partial charge is 2.00 e. The van der Waals surface area contributed by atoms with Crippen LogP contribution in [0.25, 0.3) is 0 Å². The maximum Gasteiger partial charge on any atom is 2.00 e. The third-order valence-electron chi connectivity index (χ3n) is 8.30. The topological polar surface area (TPSA) is 139 Å². The molecule has 53 heavy (non-hydrogen) atoms. The van der Waals surface area contributed by atoms with Crippen LogP contribution >= 0.6 is 15.2 Å². The van der Waals surface area contributed by atoms with Crippen molar-refractivity contribution in [2.45, 2.75) is 117 Å². The van der Waals surface area contributed by atoms with Crippen molar-refractivity contribution < 1.29 is 38.2 Å². The summed E-state index contributed by atoms with van der Waals surface area (Å²) in [6, 6.07) is 24.0. The molecule has 0 amide bonds. The molecule has 2 unspecified atom stereocenters. The Hall–Kier alpha value is -1.97. The summed E-state index contributed by atoms with van der Waals surface area (Å²) in [4.78, 5) is 25.0. The van der Waals surface area contributed by atoms with Crippen LogP contribution in [0.4, 0.5) is 0 Å². The van der Waals surface area contributed by atoms with Gasteiger partial charge in [-0.2, -0.15) is 0 Å². The standard InChI is InChI=1S/2C21H29O4P.Ba/c2*1-20(2,3)17-12-15(13-18(19(17)22)21(4,5)6)14-26(23,24)25-16-10-8-7-9-11-16;/h2*7-13,22H,14H2,1-6H3,(H,23,24);/q;;+2/p-2. The number of hydrogen-bond acceptors (Lipinski definition) is 8. The van der Waals surface area contributed by atoms with E-state index in [1.165, 1.54) is 0 Å². The summed E-state index contributed by atoms with van der Waals surface area (Å²) < 4.78 is 35.5. The SMILES string of the molecule is CC(C)(C)c1cc(CP(=O)([O-])Oc2ccccc2)cc(C(C)(C)C)c1O.CC(C)(C)c1cc(CP(=O)([O-])Oc2ccccc2)cc(C(C)(C)C)c1O.[Ba+2]. The van der Waals surface area contributed by atoms with Gasteiger partial charge >= 0.3 is 48.9 Å². The molecule has 2 atom stereocenters. The predicted octanol–water partition coefficient (Wildman–Crippen LogP) is 9.86. The molecule has 2 N–H and O–H groups in total. The van der Waals surface area contributed by atoms with Crippen LogP contribution in [0.15, 0.2) is 84.9 Å². The van der Waals surface area contributed by atoms with Gasteiger partial charge in [-0.25, -0.2) is 0 Å². The summed E-state index contributed by atoms with van der Waals surface area (Å²) in [5.74, 6) is 1.07. The van der Waals surface area contributed by atoms with Crippen molar-refractivity contribution in [3.8, 4) is 23.0 Å². The van der Waals surface area contributed by atoms with Crippen molar-refractivity contribution in [2.75, 3.05) is 0 Å². The van der Waals surface area contributed by atoms with Crippen LogP contribution in [-0.2, 0) is 43.1 Å². The Labute approximate surface area is 357 Å². The Morgan fingerprint density at radius 2 is 0.717 bits per heavy atom. The number of benzene rings is 4. The van der Waals surface area contributed by atoms with Crippen molar-refractivity contribution in [3.05, 3.63) is 118 Å². The molecule has 0 aromatic heterocycles. The Morgan fingerprint density at radius 1 is 0.491 bits per heavy atom. The van der Waals surface area contributed by atoms with Crippen molar-refractivity contribution in [3.63, 3.8) is 0 Å². The fraction of sp³-hybridized carbons (Fsp3) is 0.429. The second-order valence-corrected chi connectivity index (χ2v) is 20.9. The number of aromatic hydroxyl groups is 2. The van der Waals surface area contributed by atoms with Gasteiger partial charge < -0.3 is 29.0 Å². The first-order valence-electron chi connectivity index (χ1n) is 17.4. The normalized spacial score (nSPS) is 14.5. The van der Waals surface area contributed by atoms with Crippen molar-refractivity contribution in [1.29, 1.82) is 0 Å². The first-order valence-corrected chi connectivity index (χ1v) is 20.9. The molecule has 0 radical (unpaired) electrons. The van der Waals surface area contributed by atoms with E-state index in [9.17, 15) is 29.1 Å². The molecule has 4 rings (SSSR count). The number of rotatable bonds is 8. The molecule has 4 aromatic rings. The van der Waals surface area contributed by atoms with Gasteiger partial charge in [-0.1, -0.05) is 144 Å². The predicted molar refractivity (Wildman–Crippen MR) is 214 cm³/mol. The first-order chi connectivity index (χ1) is 23.6. The zero-order chi connectivity index (χ0) is 39.5. The van der Waals surface area contributed by atoms with Gasteiger partial charge in [-0.05, 0) is 79.3 Å². The molecule has 0 aliphatic carbocycles. The van der Waals surface area contributed by atoms with E-state index in [1.54, 1.807) is 84.9 Å². The summed E-state index contributed by atoms with van der Waals surface area (Å²) in [5, 5.41) is 21.5. The minimum absolute atomic E-state index is 0. The van der Waals surface area contributed by atoms with Crippen LogP contribution < -0.4 is 18.8 Å². The quantitative estimate of drug-likeness (QED) is 0.132. The molecule has 8 nitrogen and oxygen atoms in total. The fourth-order valence-corrected chi connectivity index (χ4v) is 7.93. The zero-order valence-electron chi connectivity index (χ0n) is 33.4. The third-order valence-corrected chi connectivity index (χ3v) is 10.8. The van der Waals surface area contributed by atoms with Crippen LogP contribution in [0.2, 0.25) is 0 Å². The van der Waals surface area contributed by atoms with Gasteiger partial charge in [-0.15, -0.1) is 0 Å². The number of hydrogen-bond donors (Lipinski definition) is 2. The maximum atomic E-state index is 12.5. The monoisotopic (exact) mass is 888 g/mol. The molecular formula is C42H56BaO8P2. The molecule has 0 spiro atoms. The molecule has 0 saturated heterocycles. The fourth-order valence-electron chi connectivity index (χ4n) is 5.65. The van der Waals surface area contributed by atoms with E-state index in [1.807, 2.05) is 83.1 Å². The van der Waals surface area contributed by atoms with E-state index in [4.69, 9.17) is 9.05 Å². The molecule has 0 saturated carbocycles. The Kier molecular flexibility index (Phi) is 15.9. The maximum absolute atomic E-state index is 12.5. The van der Waals surface area contributed by atoms with E-state index >= 15 is 0 Å². The van der Waals surface area contributed by atoms with Crippen molar-refractivity contribution >= 4 is 64.1 Å². The van der Waals surface area contributed by atoms with Crippen LogP contribution in [0.3, 0.4) is 0 Å². The summed E-state index contributed by atoms with van der Waals surface area (Å²) in [6.45, 7) is 23.9. The average molecular weight is 888 g/mol. The molecule has 4 aromatic carbocycles. The van der Waals surface area contributed by atoms with Gasteiger partial charge in [0.2, 0.25) is 0 Å².